The maximum Gasteiger partial charge on any atom is 0.0312 e. The number of aromatic nitrogens is 1. The minimum Gasteiger partial charge on any atom is -0.311 e. The van der Waals surface area contributed by atoms with Crippen molar-refractivity contribution in [2.75, 3.05) is 19.6 Å². The van der Waals surface area contributed by atoms with E-state index in [0.29, 0.717) is 0 Å². The lowest BCUT2D eigenvalue weighted by Gasteiger charge is -2.23. The van der Waals surface area contributed by atoms with Crippen LogP contribution in [0.3, 0.4) is 0 Å². The number of nitrogens with one attached hydrogen (secondary N) is 1. The largest absolute Gasteiger partial charge is 0.311 e. The topological polar surface area (TPSA) is 28.2 Å². The van der Waals surface area contributed by atoms with Gasteiger partial charge in [0.1, 0.15) is 0 Å². The van der Waals surface area contributed by atoms with E-state index in [-0.39, 0.29) is 0 Å². The number of hydrogen-bond acceptors (Lipinski definition) is 3. The van der Waals surface area contributed by atoms with Crippen molar-refractivity contribution in [3.05, 3.63) is 30.1 Å². The zero-order valence-corrected chi connectivity index (χ0v) is 12.3. The zero-order chi connectivity index (χ0) is 13.5. The number of rotatable bonds is 9. The van der Waals surface area contributed by atoms with Crippen molar-refractivity contribution < 1.29 is 0 Å². The van der Waals surface area contributed by atoms with Gasteiger partial charge in [-0.15, -0.1) is 0 Å². The lowest BCUT2D eigenvalue weighted by molar-refractivity contribution is 0.247. The Bertz CT molecular complexity index is 346. The molecule has 0 spiro atoms. The Morgan fingerprint density at radius 2 is 2.21 bits per heavy atom. The molecule has 0 saturated heterocycles. The van der Waals surface area contributed by atoms with Crippen LogP contribution in [0.4, 0.5) is 0 Å². The van der Waals surface area contributed by atoms with Crippen molar-refractivity contribution >= 4 is 0 Å². The summed E-state index contributed by atoms with van der Waals surface area (Å²) in [7, 11) is 0. The first-order valence-electron chi connectivity index (χ1n) is 7.59. The Morgan fingerprint density at radius 3 is 2.84 bits per heavy atom. The predicted molar refractivity (Wildman–Crippen MR) is 80.0 cm³/mol. The van der Waals surface area contributed by atoms with Crippen LogP contribution in [0.1, 0.15) is 38.7 Å². The van der Waals surface area contributed by atoms with E-state index < -0.39 is 0 Å². The Balaban J connectivity index is 1.62. The fourth-order valence-electron chi connectivity index (χ4n) is 2.30. The van der Waals surface area contributed by atoms with Crippen molar-refractivity contribution in [1.29, 1.82) is 0 Å². The molecule has 1 saturated carbocycles. The summed E-state index contributed by atoms with van der Waals surface area (Å²) in [5, 5.41) is 3.52. The van der Waals surface area contributed by atoms with Crippen LogP contribution in [0.15, 0.2) is 24.5 Å². The molecule has 0 radical (unpaired) electrons. The molecule has 0 atom stereocenters. The molecule has 3 heteroatoms. The van der Waals surface area contributed by atoms with Gasteiger partial charge in [0.25, 0.3) is 0 Å². The van der Waals surface area contributed by atoms with E-state index in [1.54, 1.807) is 0 Å². The summed E-state index contributed by atoms with van der Waals surface area (Å²) in [5.41, 5.74) is 1.27. The van der Waals surface area contributed by atoms with Gasteiger partial charge in [0, 0.05) is 38.1 Å². The second kappa shape index (κ2) is 7.61. The van der Waals surface area contributed by atoms with Crippen molar-refractivity contribution in [2.45, 2.75) is 45.7 Å². The van der Waals surface area contributed by atoms with E-state index in [2.05, 4.69) is 35.1 Å². The summed E-state index contributed by atoms with van der Waals surface area (Å²) >= 11 is 0. The molecule has 19 heavy (non-hydrogen) atoms. The van der Waals surface area contributed by atoms with Crippen LogP contribution in [0.2, 0.25) is 0 Å². The molecule has 1 aliphatic carbocycles. The molecule has 1 aliphatic rings. The monoisotopic (exact) mass is 261 g/mol. The highest BCUT2D eigenvalue weighted by atomic mass is 15.2. The van der Waals surface area contributed by atoms with E-state index in [9.17, 15) is 0 Å². The minimum absolute atomic E-state index is 0.810. The van der Waals surface area contributed by atoms with Gasteiger partial charge >= 0.3 is 0 Å². The molecule has 1 aromatic heterocycles. The van der Waals surface area contributed by atoms with Crippen LogP contribution in [-0.4, -0.2) is 35.6 Å². The standard InChI is InChI=1S/C16H27N3/c1-14(2)7-10-19(16-5-6-16)11-9-18-13-15-4-3-8-17-12-15/h3-4,8,12,14,16,18H,5-7,9-11,13H2,1-2H3. The van der Waals surface area contributed by atoms with Crippen molar-refractivity contribution in [1.82, 2.24) is 15.2 Å². The van der Waals surface area contributed by atoms with Crippen molar-refractivity contribution in [2.24, 2.45) is 5.92 Å². The van der Waals surface area contributed by atoms with Crippen LogP contribution in [-0.2, 0) is 6.54 Å². The van der Waals surface area contributed by atoms with Crippen molar-refractivity contribution in [3.63, 3.8) is 0 Å². The van der Waals surface area contributed by atoms with Crippen LogP contribution in [0.25, 0.3) is 0 Å². The first kappa shape index (κ1) is 14.5. The molecular formula is C16H27N3. The number of pyridine rings is 1. The molecule has 106 valence electrons. The molecule has 0 bridgehead atoms. The zero-order valence-electron chi connectivity index (χ0n) is 12.3. The van der Waals surface area contributed by atoms with Gasteiger partial charge in [-0.3, -0.25) is 9.88 Å². The maximum absolute atomic E-state index is 4.14. The molecule has 1 fully saturated rings. The summed E-state index contributed by atoms with van der Waals surface area (Å²) in [6, 6.07) is 4.99. The molecule has 0 amide bonds. The SMILES string of the molecule is CC(C)CCN(CCNCc1cccnc1)C1CC1. The lowest BCUT2D eigenvalue weighted by Crippen LogP contribution is -2.34. The van der Waals surface area contributed by atoms with E-state index in [0.717, 1.165) is 25.0 Å². The summed E-state index contributed by atoms with van der Waals surface area (Å²) in [6.07, 6.45) is 7.88. The molecule has 0 unspecified atom stereocenters. The fraction of sp³-hybridized carbons (Fsp3) is 0.688. The molecule has 2 rings (SSSR count). The second-order valence-corrected chi connectivity index (χ2v) is 5.99. The van der Waals surface area contributed by atoms with Gasteiger partial charge in [-0.05, 0) is 43.4 Å². The van der Waals surface area contributed by atoms with Gasteiger partial charge < -0.3 is 5.32 Å². The van der Waals surface area contributed by atoms with Gasteiger partial charge in [-0.25, -0.2) is 0 Å². The van der Waals surface area contributed by atoms with E-state index >= 15 is 0 Å². The fourth-order valence-corrected chi connectivity index (χ4v) is 2.30. The normalized spacial score (nSPS) is 15.4. The minimum atomic E-state index is 0.810. The van der Waals surface area contributed by atoms with Gasteiger partial charge in [-0.1, -0.05) is 19.9 Å². The molecule has 0 aliphatic heterocycles. The van der Waals surface area contributed by atoms with Crippen LogP contribution in [0, 0.1) is 5.92 Å². The summed E-state index contributed by atoms with van der Waals surface area (Å²) in [5.74, 6) is 0.810. The number of hydrogen-bond donors (Lipinski definition) is 1. The highest BCUT2D eigenvalue weighted by molar-refractivity contribution is 5.07. The summed E-state index contributed by atoms with van der Waals surface area (Å²) in [6.45, 7) is 9.06. The van der Waals surface area contributed by atoms with Gasteiger partial charge in [0.2, 0.25) is 0 Å². The van der Waals surface area contributed by atoms with Crippen LogP contribution >= 0.6 is 0 Å². The van der Waals surface area contributed by atoms with Crippen LogP contribution in [0.5, 0.6) is 0 Å². The van der Waals surface area contributed by atoms with E-state index in [4.69, 9.17) is 0 Å². The van der Waals surface area contributed by atoms with Gasteiger partial charge in [0.15, 0.2) is 0 Å². The molecule has 1 aromatic rings. The Morgan fingerprint density at radius 1 is 1.37 bits per heavy atom. The number of nitrogens with zero attached hydrogens (tertiary/aromatic N) is 2. The average molecular weight is 261 g/mol. The third-order valence-electron chi connectivity index (χ3n) is 3.68. The van der Waals surface area contributed by atoms with E-state index in [1.807, 2.05) is 18.5 Å². The average Bonchev–Trinajstić information content (AvgIpc) is 3.23. The molecular weight excluding hydrogens is 234 g/mol. The third-order valence-corrected chi connectivity index (χ3v) is 3.68. The first-order valence-corrected chi connectivity index (χ1v) is 7.59. The highest BCUT2D eigenvalue weighted by Gasteiger charge is 2.28. The van der Waals surface area contributed by atoms with Gasteiger partial charge in [-0.2, -0.15) is 0 Å². The molecule has 1 heterocycles. The Labute approximate surface area is 117 Å². The molecule has 1 N–H and O–H groups in total. The Kier molecular flexibility index (Phi) is 5.80. The smallest absolute Gasteiger partial charge is 0.0312 e. The quantitative estimate of drug-likeness (QED) is 0.693. The highest BCUT2D eigenvalue weighted by Crippen LogP contribution is 2.26. The lowest BCUT2D eigenvalue weighted by atomic mass is 10.1. The molecule has 0 aromatic carbocycles. The summed E-state index contributed by atoms with van der Waals surface area (Å²) < 4.78 is 0. The van der Waals surface area contributed by atoms with Crippen molar-refractivity contribution in [3.8, 4) is 0 Å². The first-order chi connectivity index (χ1) is 9.25. The Hall–Kier alpha value is -0.930. The van der Waals surface area contributed by atoms with Crippen LogP contribution < -0.4 is 5.32 Å². The summed E-state index contributed by atoms with van der Waals surface area (Å²) in [4.78, 5) is 6.80. The second-order valence-electron chi connectivity index (χ2n) is 5.99. The third kappa shape index (κ3) is 5.70. The van der Waals surface area contributed by atoms with Gasteiger partial charge in [0.05, 0.1) is 0 Å². The molecule has 3 nitrogen and oxygen atoms in total. The predicted octanol–water partition coefficient (Wildman–Crippen LogP) is 2.68. The maximum atomic E-state index is 4.14. The van der Waals surface area contributed by atoms with E-state index in [1.165, 1.54) is 37.9 Å².